The van der Waals surface area contributed by atoms with Crippen LogP contribution in [0.5, 0.6) is 5.88 Å². The second-order valence-corrected chi connectivity index (χ2v) is 4.19. The van der Waals surface area contributed by atoms with Crippen LogP contribution in [0.25, 0.3) is 0 Å². The molecule has 18 heavy (non-hydrogen) atoms. The highest BCUT2D eigenvalue weighted by Crippen LogP contribution is 2.19. The van der Waals surface area contributed by atoms with E-state index >= 15 is 0 Å². The molecule has 0 atom stereocenters. The highest BCUT2D eigenvalue weighted by atomic mass is 16.5. The van der Waals surface area contributed by atoms with Crippen molar-refractivity contribution >= 4 is 11.7 Å². The molecule has 0 fully saturated rings. The van der Waals surface area contributed by atoms with E-state index in [1.807, 2.05) is 0 Å². The van der Waals surface area contributed by atoms with Crippen molar-refractivity contribution in [2.45, 2.75) is 39.0 Å². The summed E-state index contributed by atoms with van der Waals surface area (Å²) in [5.41, 5.74) is 6.01. The molecule has 100 valence electrons. The molecule has 5 nitrogen and oxygen atoms in total. The van der Waals surface area contributed by atoms with Gasteiger partial charge in [0.2, 0.25) is 5.88 Å². The van der Waals surface area contributed by atoms with Gasteiger partial charge >= 0.3 is 5.97 Å². The minimum absolute atomic E-state index is 0.0720. The zero-order valence-corrected chi connectivity index (χ0v) is 10.7. The molecule has 0 radical (unpaired) electrons. The van der Waals surface area contributed by atoms with Crippen LogP contribution in [-0.4, -0.2) is 22.7 Å². The minimum atomic E-state index is -1.04. The van der Waals surface area contributed by atoms with Gasteiger partial charge in [0.1, 0.15) is 0 Å². The number of carbonyl (C=O) groups is 1. The third-order valence-corrected chi connectivity index (χ3v) is 2.61. The van der Waals surface area contributed by atoms with Gasteiger partial charge < -0.3 is 15.6 Å². The Labute approximate surface area is 107 Å². The first kappa shape index (κ1) is 14.3. The fourth-order valence-electron chi connectivity index (χ4n) is 1.58. The smallest absolute Gasteiger partial charge is 0.337 e. The summed E-state index contributed by atoms with van der Waals surface area (Å²) in [5.74, 6) is -0.726. The van der Waals surface area contributed by atoms with Gasteiger partial charge in [-0.2, -0.15) is 0 Å². The summed E-state index contributed by atoms with van der Waals surface area (Å²) in [5, 5.41) is 8.76. The van der Waals surface area contributed by atoms with E-state index < -0.39 is 5.97 Å². The quantitative estimate of drug-likeness (QED) is 0.695. The van der Waals surface area contributed by atoms with E-state index in [-0.39, 0.29) is 11.3 Å². The Morgan fingerprint density at radius 3 is 2.72 bits per heavy atom. The van der Waals surface area contributed by atoms with Crippen LogP contribution < -0.4 is 10.5 Å². The number of nitrogen functional groups attached to an aromatic ring is 1. The van der Waals surface area contributed by atoms with Gasteiger partial charge in [0, 0.05) is 6.20 Å². The van der Waals surface area contributed by atoms with Crippen molar-refractivity contribution in [1.29, 1.82) is 0 Å². The number of unbranched alkanes of at least 4 members (excludes halogenated alkanes) is 4. The number of hydrogen-bond acceptors (Lipinski definition) is 4. The number of aromatic carboxylic acids is 1. The van der Waals surface area contributed by atoms with E-state index in [9.17, 15) is 4.79 Å². The number of pyridine rings is 1. The molecule has 1 heterocycles. The van der Waals surface area contributed by atoms with Gasteiger partial charge in [-0.05, 0) is 12.5 Å². The van der Waals surface area contributed by atoms with Crippen LogP contribution >= 0.6 is 0 Å². The van der Waals surface area contributed by atoms with Crippen LogP contribution in [-0.2, 0) is 0 Å². The van der Waals surface area contributed by atoms with Crippen molar-refractivity contribution in [3.63, 3.8) is 0 Å². The molecule has 0 saturated heterocycles. The number of nitrogens with two attached hydrogens (primary N) is 1. The van der Waals surface area contributed by atoms with Gasteiger partial charge in [0.25, 0.3) is 0 Å². The Kier molecular flexibility index (Phi) is 5.97. The van der Waals surface area contributed by atoms with E-state index in [4.69, 9.17) is 15.6 Å². The van der Waals surface area contributed by atoms with Gasteiger partial charge in [0.15, 0.2) is 0 Å². The maximum atomic E-state index is 10.7. The SMILES string of the molecule is CCCCCCCOc1ncc(C(=O)O)cc1N. The van der Waals surface area contributed by atoms with Crippen LogP contribution in [0.4, 0.5) is 5.69 Å². The Morgan fingerprint density at radius 2 is 2.11 bits per heavy atom. The van der Waals surface area contributed by atoms with E-state index in [0.29, 0.717) is 12.5 Å². The normalized spacial score (nSPS) is 10.3. The molecule has 0 aliphatic rings. The highest BCUT2D eigenvalue weighted by molar-refractivity contribution is 5.88. The average molecular weight is 252 g/mol. The van der Waals surface area contributed by atoms with Crippen molar-refractivity contribution in [2.75, 3.05) is 12.3 Å². The third kappa shape index (κ3) is 4.61. The predicted octanol–water partition coefficient (Wildman–Crippen LogP) is 2.71. The number of anilines is 1. The topological polar surface area (TPSA) is 85.4 Å². The number of rotatable bonds is 8. The summed E-state index contributed by atoms with van der Waals surface area (Å²) < 4.78 is 5.42. The zero-order chi connectivity index (χ0) is 13.4. The molecule has 0 amide bonds. The molecule has 0 saturated carbocycles. The van der Waals surface area contributed by atoms with Crippen LogP contribution in [0, 0.1) is 0 Å². The number of carboxylic acids is 1. The van der Waals surface area contributed by atoms with Gasteiger partial charge in [-0.1, -0.05) is 32.6 Å². The highest BCUT2D eigenvalue weighted by Gasteiger charge is 2.08. The first-order valence-electron chi connectivity index (χ1n) is 6.26. The Balaban J connectivity index is 2.36. The number of aromatic nitrogens is 1. The lowest BCUT2D eigenvalue weighted by molar-refractivity contribution is 0.0696. The predicted molar refractivity (Wildman–Crippen MR) is 69.9 cm³/mol. The van der Waals surface area contributed by atoms with Crippen molar-refractivity contribution in [2.24, 2.45) is 0 Å². The number of hydrogen-bond donors (Lipinski definition) is 2. The lowest BCUT2D eigenvalue weighted by Crippen LogP contribution is -2.05. The molecule has 1 aromatic rings. The second-order valence-electron chi connectivity index (χ2n) is 4.19. The van der Waals surface area contributed by atoms with Gasteiger partial charge in [-0.15, -0.1) is 0 Å². The molecule has 5 heteroatoms. The van der Waals surface area contributed by atoms with Crippen molar-refractivity contribution < 1.29 is 14.6 Å². The maximum Gasteiger partial charge on any atom is 0.337 e. The fourth-order valence-corrected chi connectivity index (χ4v) is 1.58. The molecular weight excluding hydrogens is 232 g/mol. The van der Waals surface area contributed by atoms with Gasteiger partial charge in [-0.25, -0.2) is 9.78 Å². The summed E-state index contributed by atoms with van der Waals surface area (Å²) in [6.07, 6.45) is 7.01. The Hall–Kier alpha value is -1.78. The van der Waals surface area contributed by atoms with Crippen molar-refractivity contribution in [3.05, 3.63) is 17.8 Å². The van der Waals surface area contributed by atoms with Crippen LogP contribution in [0.1, 0.15) is 49.4 Å². The lowest BCUT2D eigenvalue weighted by atomic mass is 10.2. The first-order chi connectivity index (χ1) is 8.65. The summed E-state index contributed by atoms with van der Waals surface area (Å²) in [6, 6.07) is 1.36. The van der Waals surface area contributed by atoms with E-state index in [0.717, 1.165) is 12.8 Å². The van der Waals surface area contributed by atoms with Crippen molar-refractivity contribution in [3.8, 4) is 5.88 Å². The molecule has 0 aliphatic carbocycles. The van der Waals surface area contributed by atoms with Crippen LogP contribution in [0.2, 0.25) is 0 Å². The molecule has 0 spiro atoms. The third-order valence-electron chi connectivity index (χ3n) is 2.61. The fraction of sp³-hybridized carbons (Fsp3) is 0.538. The second kappa shape index (κ2) is 7.53. The van der Waals surface area contributed by atoms with E-state index in [2.05, 4.69) is 11.9 Å². The minimum Gasteiger partial charge on any atom is -0.478 e. The van der Waals surface area contributed by atoms with Crippen LogP contribution in [0.15, 0.2) is 12.3 Å². The monoisotopic (exact) mass is 252 g/mol. The molecule has 0 aliphatic heterocycles. The first-order valence-corrected chi connectivity index (χ1v) is 6.26. The molecule has 1 rings (SSSR count). The largest absolute Gasteiger partial charge is 0.478 e. The van der Waals surface area contributed by atoms with E-state index in [1.165, 1.54) is 31.5 Å². The van der Waals surface area contributed by atoms with Crippen molar-refractivity contribution in [1.82, 2.24) is 4.98 Å². The summed E-state index contributed by atoms with van der Waals surface area (Å²) >= 11 is 0. The molecule has 3 N–H and O–H groups in total. The van der Waals surface area contributed by atoms with Crippen LogP contribution in [0.3, 0.4) is 0 Å². The standard InChI is InChI=1S/C13H20N2O3/c1-2-3-4-5-6-7-18-12-11(14)8-10(9-15-12)13(16)17/h8-9H,2-7,14H2,1H3,(H,16,17). The Morgan fingerprint density at radius 1 is 1.39 bits per heavy atom. The molecular formula is C13H20N2O3. The number of carboxylic acid groups (broad SMARTS) is 1. The zero-order valence-electron chi connectivity index (χ0n) is 10.7. The molecule has 1 aromatic heterocycles. The lowest BCUT2D eigenvalue weighted by Gasteiger charge is -2.08. The maximum absolute atomic E-state index is 10.7. The summed E-state index contributed by atoms with van der Waals surface area (Å²) in [4.78, 5) is 14.6. The summed E-state index contributed by atoms with van der Waals surface area (Å²) in [7, 11) is 0. The number of ether oxygens (including phenoxy) is 1. The molecule has 0 unspecified atom stereocenters. The van der Waals surface area contributed by atoms with Gasteiger partial charge in [-0.3, -0.25) is 0 Å². The molecule has 0 aromatic carbocycles. The average Bonchev–Trinajstić information content (AvgIpc) is 2.35. The Bertz CT molecular complexity index is 394. The molecule has 0 bridgehead atoms. The van der Waals surface area contributed by atoms with E-state index in [1.54, 1.807) is 0 Å². The number of nitrogens with zero attached hydrogens (tertiary/aromatic N) is 1. The van der Waals surface area contributed by atoms with Gasteiger partial charge in [0.05, 0.1) is 17.9 Å². The summed E-state index contributed by atoms with van der Waals surface area (Å²) in [6.45, 7) is 2.73.